The summed E-state index contributed by atoms with van der Waals surface area (Å²) in [6.45, 7) is 5.51. The molecule has 0 heterocycles. The second-order valence-electron chi connectivity index (χ2n) is 4.86. The summed E-state index contributed by atoms with van der Waals surface area (Å²) in [6, 6.07) is 5.63. The molecule has 100 valence electrons. The highest BCUT2D eigenvalue weighted by molar-refractivity contribution is 14.1. The molecule has 0 bridgehead atoms. The molecule has 0 atom stereocenters. The van der Waals surface area contributed by atoms with Gasteiger partial charge in [0.15, 0.2) is 0 Å². The molecule has 0 spiro atoms. The van der Waals surface area contributed by atoms with Crippen molar-refractivity contribution in [1.82, 2.24) is 0 Å². The number of halogens is 1. The van der Waals surface area contributed by atoms with E-state index < -0.39 is 11.7 Å². The summed E-state index contributed by atoms with van der Waals surface area (Å²) in [7, 11) is 3.25. The van der Waals surface area contributed by atoms with Crippen LogP contribution in [-0.4, -0.2) is 25.9 Å². The summed E-state index contributed by atoms with van der Waals surface area (Å²) in [5.74, 6) is 0.642. The predicted molar refractivity (Wildman–Crippen MR) is 80.3 cm³/mol. The van der Waals surface area contributed by atoms with E-state index >= 15 is 0 Å². The van der Waals surface area contributed by atoms with Crippen molar-refractivity contribution < 1.29 is 14.3 Å². The molecular formula is C13H18INO3. The van der Waals surface area contributed by atoms with Crippen LogP contribution in [0.5, 0.6) is 5.75 Å². The lowest BCUT2D eigenvalue weighted by Crippen LogP contribution is -2.34. The Morgan fingerprint density at radius 3 is 2.44 bits per heavy atom. The van der Waals surface area contributed by atoms with E-state index in [1.807, 2.05) is 39.0 Å². The zero-order chi connectivity index (χ0) is 13.9. The third kappa shape index (κ3) is 4.04. The van der Waals surface area contributed by atoms with Gasteiger partial charge in [-0.15, -0.1) is 0 Å². The van der Waals surface area contributed by atoms with Crippen molar-refractivity contribution in [3.8, 4) is 5.75 Å². The van der Waals surface area contributed by atoms with Gasteiger partial charge in [0, 0.05) is 10.6 Å². The third-order valence-corrected chi connectivity index (χ3v) is 2.84. The summed E-state index contributed by atoms with van der Waals surface area (Å²) in [5.41, 5.74) is 0.180. The average Bonchev–Trinajstić information content (AvgIpc) is 2.25. The molecule has 0 aromatic heterocycles. The second-order valence-corrected chi connectivity index (χ2v) is 6.10. The van der Waals surface area contributed by atoms with Crippen molar-refractivity contribution in [1.29, 1.82) is 0 Å². The number of benzene rings is 1. The first-order valence-electron chi connectivity index (χ1n) is 5.55. The highest BCUT2D eigenvalue weighted by Crippen LogP contribution is 2.30. The molecule has 0 saturated carbocycles. The van der Waals surface area contributed by atoms with Gasteiger partial charge in [0.2, 0.25) is 0 Å². The van der Waals surface area contributed by atoms with Crippen molar-refractivity contribution in [3.63, 3.8) is 0 Å². The third-order valence-electron chi connectivity index (χ3n) is 2.17. The van der Waals surface area contributed by atoms with Crippen molar-refractivity contribution in [3.05, 3.63) is 21.8 Å². The number of nitrogens with zero attached hydrogens (tertiary/aromatic N) is 1. The van der Waals surface area contributed by atoms with Crippen molar-refractivity contribution >= 4 is 34.4 Å². The molecule has 0 N–H and O–H groups in total. The van der Waals surface area contributed by atoms with E-state index in [9.17, 15) is 4.79 Å². The Bertz CT molecular complexity index is 440. The van der Waals surface area contributed by atoms with Gasteiger partial charge in [-0.05, 0) is 61.6 Å². The fraction of sp³-hybridized carbons (Fsp3) is 0.462. The van der Waals surface area contributed by atoms with Crippen LogP contribution >= 0.6 is 22.6 Å². The lowest BCUT2D eigenvalue weighted by atomic mass is 10.2. The van der Waals surface area contributed by atoms with Gasteiger partial charge in [0.1, 0.15) is 11.4 Å². The molecule has 0 fully saturated rings. The van der Waals surface area contributed by atoms with Gasteiger partial charge < -0.3 is 9.47 Å². The molecule has 5 heteroatoms. The van der Waals surface area contributed by atoms with Crippen LogP contribution in [0, 0.1) is 3.57 Å². The molecule has 1 amide bonds. The number of hydrogen-bond acceptors (Lipinski definition) is 3. The number of rotatable bonds is 2. The molecule has 4 nitrogen and oxygen atoms in total. The van der Waals surface area contributed by atoms with E-state index in [-0.39, 0.29) is 0 Å². The molecule has 0 aliphatic heterocycles. The Kier molecular flexibility index (Phi) is 4.84. The first kappa shape index (κ1) is 15.1. The Morgan fingerprint density at radius 1 is 1.33 bits per heavy atom. The largest absolute Gasteiger partial charge is 0.495 e. The zero-order valence-corrected chi connectivity index (χ0v) is 13.4. The van der Waals surface area contributed by atoms with Gasteiger partial charge in [-0.1, -0.05) is 0 Å². The fourth-order valence-corrected chi connectivity index (χ4v) is 1.83. The van der Waals surface area contributed by atoms with Crippen LogP contribution in [0.15, 0.2) is 18.2 Å². The monoisotopic (exact) mass is 363 g/mol. The predicted octanol–water partition coefficient (Wildman–Crippen LogP) is 3.67. The Balaban J connectivity index is 2.99. The van der Waals surface area contributed by atoms with E-state index in [1.165, 1.54) is 4.90 Å². The molecule has 0 unspecified atom stereocenters. The lowest BCUT2D eigenvalue weighted by molar-refractivity contribution is 0.0588. The average molecular weight is 363 g/mol. The molecular weight excluding hydrogens is 345 g/mol. The Morgan fingerprint density at radius 2 is 1.94 bits per heavy atom. The van der Waals surface area contributed by atoms with Gasteiger partial charge in [0.05, 0.1) is 12.8 Å². The summed E-state index contributed by atoms with van der Waals surface area (Å²) in [4.78, 5) is 13.4. The van der Waals surface area contributed by atoms with E-state index in [1.54, 1.807) is 14.2 Å². The number of anilines is 1. The van der Waals surface area contributed by atoms with E-state index in [0.717, 1.165) is 3.57 Å². The molecule has 1 aromatic carbocycles. The lowest BCUT2D eigenvalue weighted by Gasteiger charge is -2.25. The zero-order valence-electron chi connectivity index (χ0n) is 11.3. The topological polar surface area (TPSA) is 38.8 Å². The number of methoxy groups -OCH3 is 1. The van der Waals surface area contributed by atoms with Gasteiger partial charge in [-0.25, -0.2) is 4.79 Å². The van der Waals surface area contributed by atoms with Crippen LogP contribution in [0.1, 0.15) is 20.8 Å². The summed E-state index contributed by atoms with van der Waals surface area (Å²) in [5, 5.41) is 0. The van der Waals surface area contributed by atoms with Gasteiger partial charge in [-0.3, -0.25) is 4.90 Å². The van der Waals surface area contributed by atoms with Crippen LogP contribution in [0.2, 0.25) is 0 Å². The highest BCUT2D eigenvalue weighted by Gasteiger charge is 2.22. The molecule has 18 heavy (non-hydrogen) atoms. The number of hydrogen-bond donors (Lipinski definition) is 0. The standard InChI is InChI=1S/C13H18INO3/c1-13(2,3)18-12(16)15(4)10-8-9(14)6-7-11(10)17-5/h6-8H,1-5H3. The number of carbonyl (C=O) groups excluding carboxylic acids is 1. The van der Waals surface area contributed by atoms with Crippen LogP contribution in [0.3, 0.4) is 0 Å². The van der Waals surface area contributed by atoms with Crippen molar-refractivity contribution in [2.45, 2.75) is 26.4 Å². The summed E-state index contributed by atoms with van der Waals surface area (Å²) < 4.78 is 11.6. The first-order chi connectivity index (χ1) is 8.24. The quantitative estimate of drug-likeness (QED) is 0.753. The molecule has 1 aromatic rings. The van der Waals surface area contributed by atoms with E-state index in [4.69, 9.17) is 9.47 Å². The minimum Gasteiger partial charge on any atom is -0.495 e. The van der Waals surface area contributed by atoms with Gasteiger partial charge in [-0.2, -0.15) is 0 Å². The molecule has 0 aliphatic rings. The first-order valence-corrected chi connectivity index (χ1v) is 6.62. The van der Waals surface area contributed by atoms with E-state index in [0.29, 0.717) is 11.4 Å². The van der Waals surface area contributed by atoms with E-state index in [2.05, 4.69) is 22.6 Å². The van der Waals surface area contributed by atoms with Crippen LogP contribution in [0.25, 0.3) is 0 Å². The maximum Gasteiger partial charge on any atom is 0.414 e. The minimum atomic E-state index is -0.513. The minimum absolute atomic E-state index is 0.400. The summed E-state index contributed by atoms with van der Waals surface area (Å²) >= 11 is 2.19. The molecule has 1 rings (SSSR count). The van der Waals surface area contributed by atoms with Crippen molar-refractivity contribution in [2.24, 2.45) is 0 Å². The Hall–Kier alpha value is -0.980. The number of amides is 1. The molecule has 0 saturated heterocycles. The number of ether oxygens (including phenoxy) is 2. The van der Waals surface area contributed by atoms with Crippen LogP contribution in [-0.2, 0) is 4.74 Å². The van der Waals surface area contributed by atoms with Crippen LogP contribution < -0.4 is 9.64 Å². The van der Waals surface area contributed by atoms with Gasteiger partial charge >= 0.3 is 6.09 Å². The number of carbonyl (C=O) groups is 1. The fourth-order valence-electron chi connectivity index (χ4n) is 1.35. The van der Waals surface area contributed by atoms with Crippen LogP contribution in [0.4, 0.5) is 10.5 Å². The maximum atomic E-state index is 12.0. The van der Waals surface area contributed by atoms with Gasteiger partial charge in [0.25, 0.3) is 0 Å². The van der Waals surface area contributed by atoms with Crippen molar-refractivity contribution in [2.75, 3.05) is 19.1 Å². The second kappa shape index (κ2) is 5.77. The maximum absolute atomic E-state index is 12.0. The SMILES string of the molecule is COc1ccc(I)cc1N(C)C(=O)OC(C)(C)C. The Labute approximate surface area is 121 Å². The molecule has 0 radical (unpaired) electrons. The smallest absolute Gasteiger partial charge is 0.414 e. The highest BCUT2D eigenvalue weighted by atomic mass is 127. The molecule has 0 aliphatic carbocycles. The summed E-state index contributed by atoms with van der Waals surface area (Å²) in [6.07, 6.45) is -0.400. The normalized spacial score (nSPS) is 11.0.